The Hall–Kier alpha value is -1.56. The molecular formula is C16H23NO4S. The molecule has 6 heteroatoms. The summed E-state index contributed by atoms with van der Waals surface area (Å²) in [7, 11) is 0. The number of carbonyl (C=O) groups is 2. The third-order valence-corrected chi connectivity index (χ3v) is 4.69. The van der Waals surface area contributed by atoms with Crippen LogP contribution in [-0.4, -0.2) is 35.7 Å². The Morgan fingerprint density at radius 1 is 1.41 bits per heavy atom. The van der Waals surface area contributed by atoms with E-state index < -0.39 is 5.60 Å². The molecule has 2 heterocycles. The fourth-order valence-corrected chi connectivity index (χ4v) is 3.69. The van der Waals surface area contributed by atoms with Gasteiger partial charge in [-0.05, 0) is 46.6 Å². The minimum absolute atomic E-state index is 0.0909. The van der Waals surface area contributed by atoms with Crippen molar-refractivity contribution in [2.75, 3.05) is 13.2 Å². The van der Waals surface area contributed by atoms with Gasteiger partial charge in [0.15, 0.2) is 0 Å². The van der Waals surface area contributed by atoms with E-state index >= 15 is 0 Å². The number of fused-ring (bicyclic) bond motifs is 1. The standard InChI is InChI=1S/C16H23NO4S/c1-6-20-14(18)12-9-22-13-10(2)17(8-7-11(12)13)15(19)21-16(3,4)5/h9-10H,6-8H2,1-5H3. The summed E-state index contributed by atoms with van der Waals surface area (Å²) in [4.78, 5) is 27.0. The maximum atomic E-state index is 12.3. The quantitative estimate of drug-likeness (QED) is 0.777. The molecule has 1 aliphatic heterocycles. The molecule has 1 atom stereocenters. The van der Waals surface area contributed by atoms with Crippen LogP contribution in [0.4, 0.5) is 4.79 Å². The predicted molar refractivity (Wildman–Crippen MR) is 85.3 cm³/mol. The van der Waals surface area contributed by atoms with Crippen molar-refractivity contribution in [1.82, 2.24) is 4.90 Å². The molecule has 22 heavy (non-hydrogen) atoms. The molecule has 0 radical (unpaired) electrons. The molecule has 122 valence electrons. The molecule has 0 fully saturated rings. The van der Waals surface area contributed by atoms with Gasteiger partial charge in [0.25, 0.3) is 0 Å². The number of nitrogens with zero attached hydrogens (tertiary/aromatic N) is 1. The van der Waals surface area contributed by atoms with E-state index in [1.165, 1.54) is 11.3 Å². The molecular weight excluding hydrogens is 302 g/mol. The molecule has 5 nitrogen and oxygen atoms in total. The molecule has 1 aromatic heterocycles. The summed E-state index contributed by atoms with van der Waals surface area (Å²) in [6, 6.07) is -0.0909. The number of ether oxygens (including phenoxy) is 2. The van der Waals surface area contributed by atoms with Gasteiger partial charge >= 0.3 is 12.1 Å². The van der Waals surface area contributed by atoms with Gasteiger partial charge in [-0.2, -0.15) is 0 Å². The van der Waals surface area contributed by atoms with Gasteiger partial charge in [-0.3, -0.25) is 0 Å². The van der Waals surface area contributed by atoms with E-state index in [-0.39, 0.29) is 18.1 Å². The van der Waals surface area contributed by atoms with Gasteiger partial charge in [-0.15, -0.1) is 11.3 Å². The fourth-order valence-electron chi connectivity index (χ4n) is 2.52. The van der Waals surface area contributed by atoms with Crippen molar-refractivity contribution in [2.45, 2.75) is 52.7 Å². The van der Waals surface area contributed by atoms with Crippen LogP contribution in [-0.2, 0) is 15.9 Å². The Labute approximate surface area is 135 Å². The first-order valence-corrected chi connectivity index (χ1v) is 8.39. The number of thiophene rings is 1. The SMILES string of the molecule is CCOC(=O)c1csc2c1CCN(C(=O)OC(C)(C)C)C2C. The van der Waals surface area contributed by atoms with Gasteiger partial charge in [-0.1, -0.05) is 0 Å². The van der Waals surface area contributed by atoms with Gasteiger partial charge < -0.3 is 14.4 Å². The van der Waals surface area contributed by atoms with Crippen molar-refractivity contribution in [3.8, 4) is 0 Å². The minimum atomic E-state index is -0.511. The summed E-state index contributed by atoms with van der Waals surface area (Å²) in [6.45, 7) is 10.2. The normalized spacial score (nSPS) is 17.9. The van der Waals surface area contributed by atoms with E-state index in [1.807, 2.05) is 33.1 Å². The second kappa shape index (κ2) is 6.28. The van der Waals surface area contributed by atoms with Gasteiger partial charge in [0.1, 0.15) is 5.60 Å². The van der Waals surface area contributed by atoms with Gasteiger partial charge in [0.05, 0.1) is 18.2 Å². The molecule has 0 N–H and O–H groups in total. The largest absolute Gasteiger partial charge is 0.462 e. The summed E-state index contributed by atoms with van der Waals surface area (Å²) < 4.78 is 10.5. The number of rotatable bonds is 2. The van der Waals surface area contributed by atoms with Crippen molar-refractivity contribution in [1.29, 1.82) is 0 Å². The maximum Gasteiger partial charge on any atom is 0.410 e. The summed E-state index contributed by atoms with van der Waals surface area (Å²) in [5.41, 5.74) is 1.14. The second-order valence-electron chi connectivity index (χ2n) is 6.31. The summed E-state index contributed by atoms with van der Waals surface area (Å²) >= 11 is 1.50. The Bertz CT molecular complexity index is 573. The van der Waals surface area contributed by atoms with E-state index in [0.29, 0.717) is 25.1 Å². The highest BCUT2D eigenvalue weighted by molar-refractivity contribution is 7.10. The van der Waals surface area contributed by atoms with Crippen LogP contribution >= 0.6 is 11.3 Å². The van der Waals surface area contributed by atoms with E-state index in [2.05, 4.69) is 0 Å². The van der Waals surface area contributed by atoms with Crippen molar-refractivity contribution in [3.05, 3.63) is 21.4 Å². The molecule has 0 aromatic carbocycles. The zero-order chi connectivity index (χ0) is 16.5. The van der Waals surface area contributed by atoms with Gasteiger partial charge in [-0.25, -0.2) is 9.59 Å². The van der Waals surface area contributed by atoms with E-state index in [1.54, 1.807) is 11.8 Å². The van der Waals surface area contributed by atoms with Crippen LogP contribution < -0.4 is 0 Å². The Balaban J connectivity index is 2.19. The first kappa shape index (κ1) is 16.8. The lowest BCUT2D eigenvalue weighted by molar-refractivity contribution is 0.0163. The third-order valence-electron chi connectivity index (χ3n) is 3.50. The summed E-state index contributed by atoms with van der Waals surface area (Å²) in [5, 5.41) is 1.83. The van der Waals surface area contributed by atoms with E-state index in [9.17, 15) is 9.59 Å². The number of amides is 1. The van der Waals surface area contributed by atoms with Crippen molar-refractivity contribution >= 4 is 23.4 Å². The van der Waals surface area contributed by atoms with Crippen molar-refractivity contribution < 1.29 is 19.1 Å². The number of esters is 1. The number of hydrogen-bond donors (Lipinski definition) is 0. The Kier molecular flexibility index (Phi) is 4.80. The molecule has 2 rings (SSSR count). The third kappa shape index (κ3) is 3.43. The highest BCUT2D eigenvalue weighted by Crippen LogP contribution is 2.37. The van der Waals surface area contributed by atoms with Gasteiger partial charge in [0, 0.05) is 16.8 Å². The summed E-state index contributed by atoms with van der Waals surface area (Å²) in [6.07, 6.45) is 0.341. The smallest absolute Gasteiger partial charge is 0.410 e. The van der Waals surface area contributed by atoms with E-state index in [4.69, 9.17) is 9.47 Å². The van der Waals surface area contributed by atoms with Crippen molar-refractivity contribution in [3.63, 3.8) is 0 Å². The number of carbonyl (C=O) groups excluding carboxylic acids is 2. The average Bonchev–Trinajstić information content (AvgIpc) is 2.82. The molecule has 1 aliphatic rings. The first-order valence-electron chi connectivity index (χ1n) is 7.51. The average molecular weight is 325 g/mol. The van der Waals surface area contributed by atoms with Crippen LogP contribution in [0.15, 0.2) is 5.38 Å². The van der Waals surface area contributed by atoms with Crippen LogP contribution in [0.1, 0.15) is 61.5 Å². The van der Waals surface area contributed by atoms with Crippen LogP contribution in [0.3, 0.4) is 0 Å². The Morgan fingerprint density at radius 3 is 2.68 bits per heavy atom. The molecule has 1 unspecified atom stereocenters. The molecule has 0 bridgehead atoms. The highest BCUT2D eigenvalue weighted by Gasteiger charge is 2.34. The van der Waals surface area contributed by atoms with Crippen molar-refractivity contribution in [2.24, 2.45) is 0 Å². The highest BCUT2D eigenvalue weighted by atomic mass is 32.1. The fraction of sp³-hybridized carbons (Fsp3) is 0.625. The van der Waals surface area contributed by atoms with Crippen LogP contribution in [0, 0.1) is 0 Å². The molecule has 1 aromatic rings. The second-order valence-corrected chi connectivity index (χ2v) is 7.22. The zero-order valence-corrected chi connectivity index (χ0v) is 14.6. The lowest BCUT2D eigenvalue weighted by Crippen LogP contribution is -2.41. The van der Waals surface area contributed by atoms with Crippen LogP contribution in [0.25, 0.3) is 0 Å². The minimum Gasteiger partial charge on any atom is -0.462 e. The predicted octanol–water partition coefficient (Wildman–Crippen LogP) is 3.78. The zero-order valence-electron chi connectivity index (χ0n) is 13.8. The van der Waals surface area contributed by atoms with Gasteiger partial charge in [0.2, 0.25) is 0 Å². The lowest BCUT2D eigenvalue weighted by Gasteiger charge is -2.35. The number of hydrogen-bond acceptors (Lipinski definition) is 5. The van der Waals surface area contributed by atoms with E-state index in [0.717, 1.165) is 10.4 Å². The van der Waals surface area contributed by atoms with Crippen LogP contribution in [0.2, 0.25) is 0 Å². The molecule has 0 aliphatic carbocycles. The maximum absolute atomic E-state index is 12.3. The first-order chi connectivity index (χ1) is 10.2. The Morgan fingerprint density at radius 2 is 2.09 bits per heavy atom. The molecule has 0 saturated carbocycles. The van der Waals surface area contributed by atoms with Crippen LogP contribution in [0.5, 0.6) is 0 Å². The monoisotopic (exact) mass is 325 g/mol. The molecule has 1 amide bonds. The topological polar surface area (TPSA) is 55.8 Å². The molecule has 0 spiro atoms. The summed E-state index contributed by atoms with van der Waals surface area (Å²) in [5.74, 6) is -0.280. The lowest BCUT2D eigenvalue weighted by atomic mass is 9.99. The molecule has 0 saturated heterocycles.